The van der Waals surface area contributed by atoms with E-state index in [4.69, 9.17) is 4.74 Å². The maximum absolute atomic E-state index is 12.5. The zero-order valence-corrected chi connectivity index (χ0v) is 16.3. The number of carbonyl (C=O) groups is 1. The second kappa shape index (κ2) is 7.00. The fraction of sp³-hybridized carbons (Fsp3) is 0.524. The van der Waals surface area contributed by atoms with Crippen LogP contribution in [0.15, 0.2) is 30.6 Å². The third kappa shape index (κ3) is 3.53. The van der Waals surface area contributed by atoms with Crippen LogP contribution in [0.2, 0.25) is 0 Å². The molecule has 27 heavy (non-hydrogen) atoms. The van der Waals surface area contributed by atoms with Gasteiger partial charge in [0.15, 0.2) is 0 Å². The van der Waals surface area contributed by atoms with Crippen molar-refractivity contribution in [3.63, 3.8) is 0 Å². The molecule has 0 unspecified atom stereocenters. The highest BCUT2D eigenvalue weighted by Gasteiger charge is 2.42. The predicted molar refractivity (Wildman–Crippen MR) is 105 cm³/mol. The number of amides is 1. The van der Waals surface area contributed by atoms with Gasteiger partial charge in [-0.05, 0) is 48.9 Å². The van der Waals surface area contributed by atoms with Crippen LogP contribution in [0.4, 0.5) is 0 Å². The van der Waals surface area contributed by atoms with Gasteiger partial charge in [0.1, 0.15) is 0 Å². The molecule has 1 N–H and O–H groups in total. The molecule has 4 heterocycles. The summed E-state index contributed by atoms with van der Waals surface area (Å²) < 4.78 is 6.35. The van der Waals surface area contributed by atoms with Gasteiger partial charge in [-0.1, -0.05) is 6.07 Å². The summed E-state index contributed by atoms with van der Waals surface area (Å²) in [5, 5.41) is 3.12. The normalized spacial score (nSPS) is 21.8. The molecule has 0 atom stereocenters. The number of rotatable bonds is 4. The third-order valence-corrected chi connectivity index (χ3v) is 7.13. The van der Waals surface area contributed by atoms with Crippen LogP contribution >= 0.6 is 11.3 Å². The predicted octanol–water partition coefficient (Wildman–Crippen LogP) is 3.10. The van der Waals surface area contributed by atoms with E-state index in [0.29, 0.717) is 6.04 Å². The monoisotopic (exact) mass is 383 g/mol. The van der Waals surface area contributed by atoms with Gasteiger partial charge in [0, 0.05) is 49.4 Å². The van der Waals surface area contributed by atoms with E-state index in [9.17, 15) is 4.79 Å². The molecule has 5 nitrogen and oxygen atoms in total. The number of aromatic nitrogens is 1. The van der Waals surface area contributed by atoms with Gasteiger partial charge in [0.25, 0.3) is 5.91 Å². The van der Waals surface area contributed by atoms with Crippen LogP contribution in [0.3, 0.4) is 0 Å². The first-order valence-electron chi connectivity index (χ1n) is 9.91. The average Bonchev–Trinajstić information content (AvgIpc) is 3.39. The Balaban J connectivity index is 1.30. The van der Waals surface area contributed by atoms with E-state index in [-0.39, 0.29) is 11.5 Å². The standard InChI is InChI=1S/C21H25N3O2S/c25-20(23-16-3-4-16)19-12-17-18(27-19)5-11-26-21(17)6-9-24(10-7-21)14-15-2-1-8-22-13-15/h1-2,8,12-13,16H,3-7,9-11,14H2,(H,23,25). The topological polar surface area (TPSA) is 54.5 Å². The fourth-order valence-electron chi connectivity index (χ4n) is 4.25. The van der Waals surface area contributed by atoms with Crippen molar-refractivity contribution in [2.75, 3.05) is 19.7 Å². The largest absolute Gasteiger partial charge is 0.370 e. The number of piperidine rings is 1. The van der Waals surface area contributed by atoms with Gasteiger partial charge < -0.3 is 10.1 Å². The van der Waals surface area contributed by atoms with Crippen LogP contribution in [-0.2, 0) is 23.3 Å². The van der Waals surface area contributed by atoms with E-state index in [1.807, 2.05) is 18.5 Å². The lowest BCUT2D eigenvalue weighted by atomic mass is 9.82. The summed E-state index contributed by atoms with van der Waals surface area (Å²) >= 11 is 1.67. The lowest BCUT2D eigenvalue weighted by Crippen LogP contribution is -2.45. The van der Waals surface area contributed by atoms with Crippen LogP contribution in [-0.4, -0.2) is 41.5 Å². The maximum Gasteiger partial charge on any atom is 0.261 e. The van der Waals surface area contributed by atoms with Crippen LogP contribution in [0.5, 0.6) is 0 Å². The lowest BCUT2D eigenvalue weighted by Gasteiger charge is -2.44. The number of thiophene rings is 1. The van der Waals surface area contributed by atoms with Crippen molar-refractivity contribution >= 4 is 17.2 Å². The Hall–Kier alpha value is -1.76. The van der Waals surface area contributed by atoms with Gasteiger partial charge in [0.05, 0.1) is 17.1 Å². The molecule has 1 aliphatic carbocycles. The van der Waals surface area contributed by atoms with Crippen molar-refractivity contribution in [3.05, 3.63) is 51.5 Å². The minimum absolute atomic E-state index is 0.0982. The number of hydrogen-bond acceptors (Lipinski definition) is 5. The zero-order chi connectivity index (χ0) is 18.3. The number of carbonyl (C=O) groups excluding carboxylic acids is 1. The van der Waals surface area contributed by atoms with Crippen LogP contribution in [0, 0.1) is 0 Å². The summed E-state index contributed by atoms with van der Waals surface area (Å²) in [7, 11) is 0. The van der Waals surface area contributed by atoms with Crippen molar-refractivity contribution < 1.29 is 9.53 Å². The van der Waals surface area contributed by atoms with Crippen molar-refractivity contribution in [1.29, 1.82) is 0 Å². The molecule has 0 aromatic carbocycles. The van der Waals surface area contributed by atoms with E-state index < -0.39 is 0 Å². The lowest BCUT2D eigenvalue weighted by molar-refractivity contribution is -0.0980. The highest BCUT2D eigenvalue weighted by atomic mass is 32.1. The zero-order valence-electron chi connectivity index (χ0n) is 15.4. The number of nitrogens with zero attached hydrogens (tertiary/aromatic N) is 2. The molecule has 5 rings (SSSR count). The number of pyridine rings is 1. The van der Waals surface area contributed by atoms with E-state index in [1.165, 1.54) is 16.0 Å². The molecule has 0 radical (unpaired) electrons. The summed E-state index contributed by atoms with van der Waals surface area (Å²) in [6.07, 6.45) is 8.91. The van der Waals surface area contributed by atoms with Crippen molar-refractivity contribution in [3.8, 4) is 0 Å². The molecule has 0 bridgehead atoms. The highest BCUT2D eigenvalue weighted by molar-refractivity contribution is 7.14. The molecular weight excluding hydrogens is 358 g/mol. The number of nitrogens with one attached hydrogen (secondary N) is 1. The van der Waals surface area contributed by atoms with Crippen LogP contribution < -0.4 is 5.32 Å². The molecule has 2 aromatic rings. The Morgan fingerprint density at radius 1 is 1.37 bits per heavy atom. The fourth-order valence-corrected chi connectivity index (χ4v) is 5.38. The minimum Gasteiger partial charge on any atom is -0.370 e. The number of ether oxygens (including phenoxy) is 1. The molecule has 2 aliphatic heterocycles. The number of likely N-dealkylation sites (tertiary alicyclic amines) is 1. The summed E-state index contributed by atoms with van der Waals surface area (Å²) in [5.41, 5.74) is 2.34. The Morgan fingerprint density at radius 3 is 2.96 bits per heavy atom. The molecule has 3 aliphatic rings. The molecule has 2 fully saturated rings. The summed E-state index contributed by atoms with van der Waals surface area (Å²) in [6.45, 7) is 3.72. The first-order chi connectivity index (χ1) is 13.2. The molecule has 1 amide bonds. The van der Waals surface area contributed by atoms with Gasteiger partial charge in [-0.3, -0.25) is 14.7 Å². The summed E-state index contributed by atoms with van der Waals surface area (Å²) in [4.78, 5) is 21.4. The maximum atomic E-state index is 12.5. The van der Waals surface area contributed by atoms with Gasteiger partial charge in [0.2, 0.25) is 0 Å². The van der Waals surface area contributed by atoms with Crippen molar-refractivity contribution in [1.82, 2.24) is 15.2 Å². The summed E-state index contributed by atoms with van der Waals surface area (Å²) in [5.74, 6) is 0.0982. The highest BCUT2D eigenvalue weighted by Crippen LogP contribution is 2.44. The van der Waals surface area contributed by atoms with Crippen LogP contribution in [0.25, 0.3) is 0 Å². The number of hydrogen-bond donors (Lipinski definition) is 1. The quantitative estimate of drug-likeness (QED) is 0.882. The van der Waals surface area contributed by atoms with Gasteiger partial charge >= 0.3 is 0 Å². The Labute approximate surface area is 163 Å². The first kappa shape index (κ1) is 17.3. The Bertz CT molecular complexity index is 823. The molecule has 2 aromatic heterocycles. The van der Waals surface area contributed by atoms with E-state index >= 15 is 0 Å². The smallest absolute Gasteiger partial charge is 0.261 e. The average molecular weight is 384 g/mol. The first-order valence-corrected chi connectivity index (χ1v) is 10.7. The molecule has 1 spiro atoms. The van der Waals surface area contributed by atoms with Gasteiger partial charge in [-0.2, -0.15) is 0 Å². The second-order valence-electron chi connectivity index (χ2n) is 7.93. The van der Waals surface area contributed by atoms with Crippen molar-refractivity contribution in [2.45, 2.75) is 50.3 Å². The molecular formula is C21H25N3O2S. The Morgan fingerprint density at radius 2 is 2.22 bits per heavy atom. The van der Waals surface area contributed by atoms with Gasteiger partial charge in [-0.25, -0.2) is 0 Å². The van der Waals surface area contributed by atoms with Crippen molar-refractivity contribution in [2.24, 2.45) is 0 Å². The molecule has 1 saturated carbocycles. The van der Waals surface area contributed by atoms with E-state index in [2.05, 4.69) is 27.3 Å². The molecule has 1 saturated heterocycles. The number of fused-ring (bicyclic) bond motifs is 2. The summed E-state index contributed by atoms with van der Waals surface area (Å²) in [6, 6.07) is 6.65. The third-order valence-electron chi connectivity index (χ3n) is 5.94. The second-order valence-corrected chi connectivity index (χ2v) is 9.06. The van der Waals surface area contributed by atoms with E-state index in [0.717, 1.165) is 63.2 Å². The SMILES string of the molecule is O=C(NC1CC1)c1cc2c(s1)CCOC21CCN(Cc2cccnc2)CC1. The van der Waals surface area contributed by atoms with E-state index in [1.54, 1.807) is 11.3 Å². The Kier molecular flexibility index (Phi) is 4.50. The molecule has 6 heteroatoms. The molecule has 142 valence electrons. The van der Waals surface area contributed by atoms with Gasteiger partial charge in [-0.15, -0.1) is 11.3 Å². The minimum atomic E-state index is -0.201. The van der Waals surface area contributed by atoms with Crippen LogP contribution in [0.1, 0.15) is 51.4 Å².